The molecule has 0 aliphatic heterocycles. The molecule has 3 aromatic rings. The van der Waals surface area contributed by atoms with Crippen LogP contribution in [0.5, 0.6) is 0 Å². The van der Waals surface area contributed by atoms with Gasteiger partial charge in [-0.05, 0) is 55.1 Å². The third-order valence-electron chi connectivity index (χ3n) is 8.86. The maximum absolute atomic E-state index is 14.0. The number of imidazole rings is 1. The molecule has 3 heterocycles. The number of rotatable bonds is 13. The van der Waals surface area contributed by atoms with Gasteiger partial charge >= 0.3 is 6.61 Å². The van der Waals surface area contributed by atoms with Gasteiger partial charge in [-0.2, -0.15) is 13.9 Å². The summed E-state index contributed by atoms with van der Waals surface area (Å²) >= 11 is 0. The topological polar surface area (TPSA) is 140 Å². The lowest BCUT2D eigenvalue weighted by atomic mass is 9.79. The summed E-state index contributed by atoms with van der Waals surface area (Å²) in [5.74, 6) is -6.39. The molecule has 3 N–H and O–H groups in total. The molecule has 1 unspecified atom stereocenters. The fraction of sp³-hybridized carbons (Fsp3) is 0.679. The Kier molecular flexibility index (Phi) is 8.78. The average Bonchev–Trinajstić information content (AvgIpc) is 3.53. The number of aliphatic hydroxyl groups is 1. The molecule has 45 heavy (non-hydrogen) atoms. The number of carbonyl (C=O) groups is 1. The normalized spacial score (nSPS) is 22.3. The highest BCUT2D eigenvalue weighted by atomic mass is 19.3. The van der Waals surface area contributed by atoms with Gasteiger partial charge in [-0.15, -0.1) is 0 Å². The van der Waals surface area contributed by atoms with Crippen molar-refractivity contribution in [1.29, 1.82) is 0 Å². The smallest absolute Gasteiger partial charge is 0.345 e. The molecule has 17 heteroatoms. The van der Waals surface area contributed by atoms with E-state index in [0.29, 0.717) is 16.9 Å². The third-order valence-corrected chi connectivity index (χ3v) is 8.86. The van der Waals surface area contributed by atoms with E-state index in [2.05, 4.69) is 40.4 Å². The van der Waals surface area contributed by atoms with Crippen molar-refractivity contribution in [3.8, 4) is 0 Å². The van der Waals surface area contributed by atoms with Crippen LogP contribution in [0, 0.1) is 17.8 Å². The zero-order chi connectivity index (χ0) is 31.9. The Labute approximate surface area is 253 Å². The van der Waals surface area contributed by atoms with Crippen molar-refractivity contribution < 1.29 is 45.6 Å². The predicted molar refractivity (Wildman–Crippen MR) is 142 cm³/mol. The first-order valence-corrected chi connectivity index (χ1v) is 14.9. The first kappa shape index (κ1) is 31.7. The van der Waals surface area contributed by atoms with Crippen molar-refractivity contribution in [1.82, 2.24) is 35.5 Å². The minimum absolute atomic E-state index is 0.0230. The monoisotopic (exact) mass is 645 g/mol. The molecule has 0 saturated heterocycles. The Morgan fingerprint density at radius 1 is 1.07 bits per heavy atom. The van der Waals surface area contributed by atoms with E-state index >= 15 is 0 Å². The van der Waals surface area contributed by atoms with E-state index in [-0.39, 0.29) is 86.0 Å². The van der Waals surface area contributed by atoms with Crippen LogP contribution >= 0.6 is 0 Å². The Morgan fingerprint density at radius 3 is 2.44 bits per heavy atom. The van der Waals surface area contributed by atoms with Gasteiger partial charge < -0.3 is 15.2 Å². The van der Waals surface area contributed by atoms with Gasteiger partial charge in [0.05, 0.1) is 30.2 Å². The van der Waals surface area contributed by atoms with E-state index in [1.54, 1.807) is 18.5 Å². The Balaban J connectivity index is 1.22. The SMILES string of the molecule is O=C(CC1CC(F)(F)C1)N[C@@H](c1cnn2cc([C@@H](NC(O)c3nonc3COC(F)F)C3CCC(F)(F)CC3)nc2c1)C1CC1. The molecule has 0 radical (unpaired) electrons. The number of hydrogen-bond donors (Lipinski definition) is 3. The van der Waals surface area contributed by atoms with E-state index in [1.807, 2.05) is 0 Å². The summed E-state index contributed by atoms with van der Waals surface area (Å²) in [4.78, 5) is 17.4. The maximum Gasteiger partial charge on any atom is 0.345 e. The zero-order valence-electron chi connectivity index (χ0n) is 24.0. The highest BCUT2D eigenvalue weighted by Crippen LogP contribution is 2.45. The van der Waals surface area contributed by atoms with Crippen LogP contribution in [0.4, 0.5) is 26.3 Å². The van der Waals surface area contributed by atoms with Crippen LogP contribution in [0.1, 0.15) is 98.7 Å². The van der Waals surface area contributed by atoms with E-state index in [0.717, 1.165) is 12.8 Å². The van der Waals surface area contributed by atoms with Gasteiger partial charge in [0.1, 0.15) is 12.3 Å². The standard InChI is InChI=1S/C28H33F6N7O4/c29-26(30)44-13-19-24(40-45-39-19)25(43)38-23(16-3-5-27(31,32)6-4-16)18-12-41-20(36-18)8-17(11-35-41)22(15-1-2-15)37-21(42)7-14-9-28(33,34)10-14/h8,11-12,14-16,22-23,25-26,38,43H,1-7,9-10,13H2,(H,37,42)/t22-,23+,25?/m1/s1. The summed E-state index contributed by atoms with van der Waals surface area (Å²) in [6.07, 6.45) is 2.32. The van der Waals surface area contributed by atoms with Gasteiger partial charge in [0, 0.05) is 32.1 Å². The van der Waals surface area contributed by atoms with Gasteiger partial charge in [-0.1, -0.05) is 10.3 Å². The van der Waals surface area contributed by atoms with E-state index in [9.17, 15) is 36.2 Å². The molecule has 3 saturated carbocycles. The quantitative estimate of drug-likeness (QED) is 0.173. The number of nitrogens with one attached hydrogen (secondary N) is 2. The number of aromatic nitrogens is 5. The molecule has 0 bridgehead atoms. The van der Waals surface area contributed by atoms with Gasteiger partial charge in [0.25, 0.3) is 0 Å². The van der Waals surface area contributed by atoms with E-state index in [4.69, 9.17) is 0 Å². The van der Waals surface area contributed by atoms with Gasteiger partial charge in [0.2, 0.25) is 17.8 Å². The van der Waals surface area contributed by atoms with Crippen LogP contribution in [-0.2, 0) is 16.1 Å². The summed E-state index contributed by atoms with van der Waals surface area (Å²) in [6, 6.07) is 0.600. The molecule has 3 aliphatic rings. The van der Waals surface area contributed by atoms with Crippen LogP contribution in [-0.4, -0.2) is 54.4 Å². The number of carbonyl (C=O) groups excluding carboxylic acids is 1. The highest BCUT2D eigenvalue weighted by molar-refractivity contribution is 5.77. The first-order valence-electron chi connectivity index (χ1n) is 14.9. The van der Waals surface area contributed by atoms with Crippen LogP contribution in [0.3, 0.4) is 0 Å². The molecule has 3 aromatic heterocycles. The molecule has 0 aromatic carbocycles. The second-order valence-electron chi connectivity index (χ2n) is 12.4. The molecular weight excluding hydrogens is 612 g/mol. The summed E-state index contributed by atoms with van der Waals surface area (Å²) in [5, 5.41) is 28.5. The minimum Gasteiger partial charge on any atom is -0.372 e. The lowest BCUT2D eigenvalue weighted by Gasteiger charge is -2.34. The lowest BCUT2D eigenvalue weighted by molar-refractivity contribution is -0.138. The molecule has 3 aliphatic carbocycles. The van der Waals surface area contributed by atoms with Crippen LogP contribution in [0.15, 0.2) is 23.1 Å². The van der Waals surface area contributed by atoms with Gasteiger partial charge in [-0.3, -0.25) is 10.1 Å². The number of aliphatic hydroxyl groups excluding tert-OH is 1. The van der Waals surface area contributed by atoms with Crippen molar-refractivity contribution >= 4 is 11.6 Å². The number of alkyl halides is 6. The number of nitrogens with zero attached hydrogens (tertiary/aromatic N) is 5. The molecule has 0 spiro atoms. The van der Waals surface area contributed by atoms with Crippen LogP contribution in [0.2, 0.25) is 0 Å². The number of hydrogen-bond acceptors (Lipinski definition) is 9. The second-order valence-corrected chi connectivity index (χ2v) is 12.4. The van der Waals surface area contributed by atoms with Crippen LogP contribution < -0.4 is 10.6 Å². The molecule has 246 valence electrons. The highest BCUT2D eigenvalue weighted by Gasteiger charge is 2.46. The average molecular weight is 646 g/mol. The van der Waals surface area contributed by atoms with E-state index in [1.165, 1.54) is 4.52 Å². The Morgan fingerprint density at radius 2 is 1.78 bits per heavy atom. The summed E-state index contributed by atoms with van der Waals surface area (Å²) in [7, 11) is 0. The van der Waals surface area contributed by atoms with Gasteiger partial charge in [-0.25, -0.2) is 31.7 Å². The molecule has 6 rings (SSSR count). The minimum atomic E-state index is -3.09. The fourth-order valence-corrected chi connectivity index (χ4v) is 6.33. The summed E-state index contributed by atoms with van der Waals surface area (Å²) in [6.45, 7) is -3.77. The molecular formula is C28H33F6N7O4. The van der Waals surface area contributed by atoms with Crippen molar-refractivity contribution in [2.24, 2.45) is 17.8 Å². The summed E-state index contributed by atoms with van der Waals surface area (Å²) < 4.78 is 90.1. The van der Waals surface area contributed by atoms with Crippen molar-refractivity contribution in [2.45, 2.75) is 101 Å². The zero-order valence-corrected chi connectivity index (χ0v) is 24.0. The lowest BCUT2D eigenvalue weighted by Crippen LogP contribution is -2.39. The van der Waals surface area contributed by atoms with Crippen LogP contribution in [0.25, 0.3) is 5.65 Å². The first-order chi connectivity index (χ1) is 21.4. The maximum atomic E-state index is 14.0. The molecule has 11 nitrogen and oxygen atoms in total. The van der Waals surface area contributed by atoms with Crippen molar-refractivity contribution in [3.63, 3.8) is 0 Å². The number of amides is 1. The number of halogens is 6. The molecule has 3 atom stereocenters. The molecule has 3 fully saturated rings. The van der Waals surface area contributed by atoms with Gasteiger partial charge in [0.15, 0.2) is 17.6 Å². The van der Waals surface area contributed by atoms with Crippen molar-refractivity contribution in [2.75, 3.05) is 0 Å². The Bertz CT molecular complexity index is 1480. The largest absolute Gasteiger partial charge is 0.372 e. The second kappa shape index (κ2) is 12.5. The fourth-order valence-electron chi connectivity index (χ4n) is 6.33. The molecule has 1 amide bonds. The summed E-state index contributed by atoms with van der Waals surface area (Å²) in [5.41, 5.74) is 1.12. The predicted octanol–water partition coefficient (Wildman–Crippen LogP) is 5.00. The van der Waals surface area contributed by atoms with Crippen molar-refractivity contribution in [3.05, 3.63) is 41.1 Å². The number of fused-ring (bicyclic) bond motifs is 1. The Hall–Kier alpha value is -3.31. The number of ether oxygens (including phenoxy) is 1. The van der Waals surface area contributed by atoms with E-state index < -0.39 is 37.3 Å². The third kappa shape index (κ3) is 7.57.